The second-order valence-electron chi connectivity index (χ2n) is 5.02. The summed E-state index contributed by atoms with van der Waals surface area (Å²) in [5.74, 6) is 1.43. The summed E-state index contributed by atoms with van der Waals surface area (Å²) in [6.45, 7) is 3.55. The highest BCUT2D eigenvalue weighted by Gasteiger charge is 2.22. The van der Waals surface area contributed by atoms with E-state index in [2.05, 4.69) is 15.8 Å². The van der Waals surface area contributed by atoms with E-state index < -0.39 is 0 Å². The molecule has 7 nitrogen and oxygen atoms in total. The van der Waals surface area contributed by atoms with Gasteiger partial charge in [0.2, 0.25) is 11.8 Å². The third-order valence-electron chi connectivity index (χ3n) is 3.33. The van der Waals surface area contributed by atoms with Gasteiger partial charge in [-0.05, 0) is 19.9 Å². The number of carbonyl (C=O) groups is 2. The highest BCUT2D eigenvalue weighted by Crippen LogP contribution is 2.11. The van der Waals surface area contributed by atoms with Crippen molar-refractivity contribution in [2.24, 2.45) is 0 Å². The van der Waals surface area contributed by atoms with Gasteiger partial charge in [0.05, 0.1) is 11.5 Å². The first-order valence-corrected chi connectivity index (χ1v) is 7.99. The molecule has 0 aromatic carbocycles. The van der Waals surface area contributed by atoms with E-state index in [4.69, 9.17) is 4.52 Å². The van der Waals surface area contributed by atoms with Gasteiger partial charge in [-0.1, -0.05) is 5.16 Å². The largest absolute Gasteiger partial charge is 0.360 e. The summed E-state index contributed by atoms with van der Waals surface area (Å²) >= 11 is 1.30. The Bertz CT molecular complexity index is 499. The van der Waals surface area contributed by atoms with Gasteiger partial charge in [-0.15, -0.1) is 11.8 Å². The molecule has 8 heteroatoms. The Hall–Kier alpha value is -1.54. The second kappa shape index (κ2) is 7.46. The van der Waals surface area contributed by atoms with Crippen LogP contribution in [0.4, 0.5) is 5.82 Å². The zero-order chi connectivity index (χ0) is 15.2. The predicted octanol–water partition coefficient (Wildman–Crippen LogP) is 0.475. The molecule has 1 aliphatic rings. The number of aromatic nitrogens is 1. The number of nitrogens with zero attached hydrogens (tertiary/aromatic N) is 2. The molecular weight excluding hydrogens is 292 g/mol. The van der Waals surface area contributed by atoms with Gasteiger partial charge >= 0.3 is 0 Å². The maximum Gasteiger partial charge on any atom is 0.235 e. The Morgan fingerprint density at radius 3 is 3.00 bits per heavy atom. The molecule has 2 N–H and O–H groups in total. The van der Waals surface area contributed by atoms with Gasteiger partial charge in [-0.25, -0.2) is 0 Å². The first-order chi connectivity index (χ1) is 10.1. The number of rotatable bonds is 6. The first-order valence-electron chi connectivity index (χ1n) is 6.83. The van der Waals surface area contributed by atoms with Crippen molar-refractivity contribution in [3.05, 3.63) is 11.8 Å². The van der Waals surface area contributed by atoms with Crippen molar-refractivity contribution in [1.29, 1.82) is 0 Å². The molecule has 2 heterocycles. The van der Waals surface area contributed by atoms with Crippen LogP contribution in [-0.2, 0) is 9.59 Å². The highest BCUT2D eigenvalue weighted by atomic mass is 32.2. The van der Waals surface area contributed by atoms with Crippen LogP contribution in [0, 0.1) is 6.92 Å². The molecule has 1 atom stereocenters. The molecule has 1 unspecified atom stereocenters. The molecular formula is C13H20N4O3S. The molecule has 1 fully saturated rings. The van der Waals surface area contributed by atoms with Crippen LogP contribution in [0.5, 0.6) is 0 Å². The summed E-state index contributed by atoms with van der Waals surface area (Å²) in [5, 5.41) is 9.53. The lowest BCUT2D eigenvalue weighted by molar-refractivity contribution is -0.128. The van der Waals surface area contributed by atoms with Crippen LogP contribution in [0.3, 0.4) is 0 Å². The molecule has 2 rings (SSSR count). The number of hydrogen-bond acceptors (Lipinski definition) is 6. The lowest BCUT2D eigenvalue weighted by atomic mass is 10.2. The molecule has 1 saturated heterocycles. The van der Waals surface area contributed by atoms with Crippen LogP contribution >= 0.6 is 11.8 Å². The van der Waals surface area contributed by atoms with E-state index in [0.29, 0.717) is 17.3 Å². The SMILES string of the molecule is Cc1cc(NC(=O)CSCC(=O)N(C)C2CCNC2)no1. The number of carbonyl (C=O) groups excluding carboxylic acids is 2. The van der Waals surface area contributed by atoms with Gasteiger partial charge in [0, 0.05) is 25.7 Å². The summed E-state index contributed by atoms with van der Waals surface area (Å²) in [5.41, 5.74) is 0. The number of anilines is 1. The molecule has 0 aliphatic carbocycles. The number of aryl methyl sites for hydroxylation is 1. The van der Waals surface area contributed by atoms with Crippen molar-refractivity contribution in [3.8, 4) is 0 Å². The van der Waals surface area contributed by atoms with Crippen LogP contribution in [0.25, 0.3) is 0 Å². The number of likely N-dealkylation sites (N-methyl/N-ethyl adjacent to an activating group) is 1. The lowest BCUT2D eigenvalue weighted by Crippen LogP contribution is -2.39. The maximum atomic E-state index is 12.0. The Morgan fingerprint density at radius 1 is 1.57 bits per heavy atom. The quantitative estimate of drug-likeness (QED) is 0.794. The van der Waals surface area contributed by atoms with E-state index >= 15 is 0 Å². The Morgan fingerprint density at radius 2 is 2.38 bits per heavy atom. The molecule has 0 saturated carbocycles. The molecule has 0 radical (unpaired) electrons. The van der Waals surface area contributed by atoms with Crippen molar-refractivity contribution in [2.75, 3.05) is 37.0 Å². The standard InChI is InChI=1S/C13H20N4O3S/c1-9-5-11(16-20-9)15-12(18)7-21-8-13(19)17(2)10-3-4-14-6-10/h5,10,14H,3-4,6-8H2,1-2H3,(H,15,16,18). The third kappa shape index (κ3) is 4.75. The van der Waals surface area contributed by atoms with Crippen LogP contribution in [-0.4, -0.2) is 59.6 Å². The number of amides is 2. The smallest absolute Gasteiger partial charge is 0.235 e. The van der Waals surface area contributed by atoms with E-state index in [1.807, 2.05) is 7.05 Å². The molecule has 1 aromatic heterocycles. The fraction of sp³-hybridized carbons (Fsp3) is 0.615. The average molecular weight is 312 g/mol. The minimum atomic E-state index is -0.189. The topological polar surface area (TPSA) is 87.5 Å². The Balaban J connectivity index is 1.66. The van der Waals surface area contributed by atoms with E-state index in [0.717, 1.165) is 19.5 Å². The summed E-state index contributed by atoms with van der Waals surface area (Å²) in [7, 11) is 1.82. The Labute approximate surface area is 127 Å². The maximum absolute atomic E-state index is 12.0. The van der Waals surface area contributed by atoms with Crippen molar-refractivity contribution in [3.63, 3.8) is 0 Å². The zero-order valence-corrected chi connectivity index (χ0v) is 13.0. The zero-order valence-electron chi connectivity index (χ0n) is 12.2. The highest BCUT2D eigenvalue weighted by molar-refractivity contribution is 8.00. The van der Waals surface area contributed by atoms with Crippen molar-refractivity contribution < 1.29 is 14.1 Å². The summed E-state index contributed by atoms with van der Waals surface area (Å²) in [4.78, 5) is 25.4. The second-order valence-corrected chi connectivity index (χ2v) is 6.00. The molecule has 21 heavy (non-hydrogen) atoms. The Kier molecular flexibility index (Phi) is 5.63. The minimum absolute atomic E-state index is 0.0544. The van der Waals surface area contributed by atoms with E-state index in [9.17, 15) is 9.59 Å². The van der Waals surface area contributed by atoms with Gasteiger partial charge in [-0.3, -0.25) is 9.59 Å². The fourth-order valence-corrected chi connectivity index (χ4v) is 2.85. The third-order valence-corrected chi connectivity index (χ3v) is 4.25. The van der Waals surface area contributed by atoms with Crippen LogP contribution < -0.4 is 10.6 Å². The summed E-state index contributed by atoms with van der Waals surface area (Å²) in [6.07, 6.45) is 0.985. The van der Waals surface area contributed by atoms with Gasteiger partial charge in [0.1, 0.15) is 5.76 Å². The number of thioether (sulfide) groups is 1. The molecule has 1 aromatic rings. The predicted molar refractivity (Wildman–Crippen MR) is 81.2 cm³/mol. The van der Waals surface area contributed by atoms with Crippen molar-refractivity contribution >= 4 is 29.4 Å². The number of nitrogens with one attached hydrogen (secondary N) is 2. The fourth-order valence-electron chi connectivity index (χ4n) is 2.11. The molecule has 1 aliphatic heterocycles. The van der Waals surface area contributed by atoms with E-state index in [1.54, 1.807) is 17.9 Å². The van der Waals surface area contributed by atoms with E-state index in [1.165, 1.54) is 11.8 Å². The molecule has 0 spiro atoms. The lowest BCUT2D eigenvalue weighted by Gasteiger charge is -2.23. The first kappa shape index (κ1) is 15.8. The van der Waals surface area contributed by atoms with E-state index in [-0.39, 0.29) is 23.6 Å². The van der Waals surface area contributed by atoms with Gasteiger partial charge in [0.15, 0.2) is 5.82 Å². The van der Waals surface area contributed by atoms with Crippen molar-refractivity contribution in [2.45, 2.75) is 19.4 Å². The molecule has 0 bridgehead atoms. The van der Waals surface area contributed by atoms with Gasteiger partial charge in [-0.2, -0.15) is 0 Å². The van der Waals surface area contributed by atoms with Crippen LogP contribution in [0.15, 0.2) is 10.6 Å². The summed E-state index contributed by atoms with van der Waals surface area (Å²) in [6, 6.07) is 1.92. The molecule has 116 valence electrons. The monoisotopic (exact) mass is 312 g/mol. The summed E-state index contributed by atoms with van der Waals surface area (Å²) < 4.78 is 4.86. The van der Waals surface area contributed by atoms with Crippen molar-refractivity contribution in [1.82, 2.24) is 15.4 Å². The van der Waals surface area contributed by atoms with Crippen LogP contribution in [0.2, 0.25) is 0 Å². The normalized spacial score (nSPS) is 17.7. The van der Waals surface area contributed by atoms with Crippen LogP contribution in [0.1, 0.15) is 12.2 Å². The van der Waals surface area contributed by atoms with Gasteiger partial charge < -0.3 is 20.1 Å². The van der Waals surface area contributed by atoms with Gasteiger partial charge in [0.25, 0.3) is 0 Å². The number of hydrogen-bond donors (Lipinski definition) is 2. The molecule has 2 amide bonds. The minimum Gasteiger partial charge on any atom is -0.360 e. The average Bonchev–Trinajstić information content (AvgIpc) is 3.09.